The van der Waals surface area contributed by atoms with E-state index in [4.69, 9.17) is 19.5 Å². The Labute approximate surface area is 180 Å². The molecule has 30 heavy (non-hydrogen) atoms. The van der Waals surface area contributed by atoms with Gasteiger partial charge in [0.1, 0.15) is 6.10 Å². The van der Waals surface area contributed by atoms with E-state index in [9.17, 15) is 9.59 Å². The number of hydroxylamine groups is 2. The zero-order chi connectivity index (χ0) is 22.6. The van der Waals surface area contributed by atoms with E-state index >= 15 is 0 Å². The molecule has 0 bridgehead atoms. The summed E-state index contributed by atoms with van der Waals surface area (Å²) in [6.07, 6.45) is 9.23. The van der Waals surface area contributed by atoms with Gasteiger partial charge >= 0.3 is 12.2 Å². The van der Waals surface area contributed by atoms with Crippen LogP contribution in [0.2, 0.25) is 0 Å². The molecule has 1 aliphatic rings. The summed E-state index contributed by atoms with van der Waals surface area (Å²) < 4.78 is 5.43. The van der Waals surface area contributed by atoms with Gasteiger partial charge in [-0.05, 0) is 38.5 Å². The lowest BCUT2D eigenvalue weighted by atomic mass is 10.1. The van der Waals surface area contributed by atoms with Crippen LogP contribution in [0.15, 0.2) is 0 Å². The highest BCUT2D eigenvalue weighted by atomic mass is 16.7. The summed E-state index contributed by atoms with van der Waals surface area (Å²) in [5, 5.41) is 14.7. The predicted molar refractivity (Wildman–Crippen MR) is 115 cm³/mol. The molecule has 1 rings (SSSR count). The van der Waals surface area contributed by atoms with Crippen LogP contribution in [0.1, 0.15) is 85.0 Å². The first-order valence-electron chi connectivity index (χ1n) is 11.2. The van der Waals surface area contributed by atoms with Crippen LogP contribution < -0.4 is 10.6 Å². The summed E-state index contributed by atoms with van der Waals surface area (Å²) in [5.41, 5.74) is 0. The fraction of sp³-hybridized carbons (Fsp3) is 0.857. The lowest BCUT2D eigenvalue weighted by Gasteiger charge is -2.24. The van der Waals surface area contributed by atoms with Gasteiger partial charge in [-0.2, -0.15) is 0 Å². The minimum Gasteiger partial charge on any atom is -0.481 e. The van der Waals surface area contributed by atoms with Crippen LogP contribution in [0.5, 0.6) is 0 Å². The van der Waals surface area contributed by atoms with E-state index in [2.05, 4.69) is 17.6 Å². The maximum Gasteiger partial charge on any atom is 0.426 e. The largest absolute Gasteiger partial charge is 0.481 e. The predicted octanol–water partition coefficient (Wildman–Crippen LogP) is 4.07. The summed E-state index contributed by atoms with van der Waals surface area (Å²) in [5.74, 6) is -0.833. The van der Waals surface area contributed by atoms with Crippen molar-refractivity contribution in [3.8, 4) is 0 Å². The van der Waals surface area contributed by atoms with Crippen molar-refractivity contribution >= 4 is 18.2 Å². The number of rotatable bonds is 12. The highest BCUT2D eigenvalue weighted by Crippen LogP contribution is 2.09. The monoisotopic (exact) mass is 431 g/mol. The Morgan fingerprint density at radius 1 is 0.933 bits per heavy atom. The molecule has 0 aromatic heterocycles. The van der Waals surface area contributed by atoms with Crippen LogP contribution in [-0.4, -0.2) is 60.6 Å². The number of piperidine rings is 1. The number of nitrogens with zero attached hydrogens (tertiary/aromatic N) is 1. The van der Waals surface area contributed by atoms with E-state index in [0.29, 0.717) is 13.1 Å². The van der Waals surface area contributed by atoms with Crippen LogP contribution in [0.25, 0.3) is 0 Å². The summed E-state index contributed by atoms with van der Waals surface area (Å²) >= 11 is 0. The average Bonchev–Trinajstić information content (AvgIpc) is 2.70. The first-order chi connectivity index (χ1) is 14.4. The molecule has 0 radical (unpaired) electrons. The molecule has 0 saturated carbocycles. The number of carboxylic acids is 1. The minimum atomic E-state index is -0.833. The van der Waals surface area contributed by atoms with Crippen molar-refractivity contribution in [3.63, 3.8) is 0 Å². The Balaban J connectivity index is 0.00000192. The first-order valence-corrected chi connectivity index (χ1v) is 11.2. The molecule has 1 aliphatic heterocycles. The van der Waals surface area contributed by atoms with E-state index in [1.165, 1.54) is 19.3 Å². The third kappa shape index (κ3) is 18.0. The lowest BCUT2D eigenvalue weighted by molar-refractivity contribution is -0.134. The number of hydrogen-bond acceptors (Lipinski definition) is 6. The highest BCUT2D eigenvalue weighted by Gasteiger charge is 2.15. The molecule has 1 fully saturated rings. The fourth-order valence-electron chi connectivity index (χ4n) is 2.91. The van der Waals surface area contributed by atoms with Crippen molar-refractivity contribution in [3.05, 3.63) is 0 Å². The number of nitrogens with one attached hydrogen (secondary N) is 2. The van der Waals surface area contributed by atoms with Crippen LogP contribution in [0, 0.1) is 0 Å². The number of hydrogen-bond donors (Lipinski definition) is 3. The van der Waals surface area contributed by atoms with Crippen LogP contribution >= 0.6 is 0 Å². The quantitative estimate of drug-likeness (QED) is 0.399. The number of amides is 2. The molecule has 0 aliphatic carbocycles. The van der Waals surface area contributed by atoms with Crippen molar-refractivity contribution in [1.82, 2.24) is 15.7 Å². The number of alkyl carbamates (subject to hydrolysis) is 1. The zero-order valence-electron chi connectivity index (χ0n) is 18.9. The third-order valence-corrected chi connectivity index (χ3v) is 4.53. The average molecular weight is 432 g/mol. The van der Waals surface area contributed by atoms with Gasteiger partial charge in [0.05, 0.1) is 0 Å². The maximum atomic E-state index is 11.8. The van der Waals surface area contributed by atoms with Gasteiger partial charge < -0.3 is 25.3 Å². The molecule has 1 atom stereocenters. The molecule has 3 N–H and O–H groups in total. The molecule has 1 saturated heterocycles. The summed E-state index contributed by atoms with van der Waals surface area (Å²) in [6, 6.07) is 0. The van der Waals surface area contributed by atoms with Gasteiger partial charge in [-0.1, -0.05) is 39.5 Å². The van der Waals surface area contributed by atoms with E-state index in [-0.39, 0.29) is 12.2 Å². The second kappa shape index (κ2) is 19.0. The highest BCUT2D eigenvalue weighted by molar-refractivity contribution is 5.67. The van der Waals surface area contributed by atoms with Gasteiger partial charge in [-0.25, -0.2) is 9.59 Å². The Bertz CT molecular complexity index is 466. The number of carbonyl (C=O) groups is 3. The Morgan fingerprint density at radius 3 is 2.13 bits per heavy atom. The first kappa shape index (κ1) is 28.0. The molecule has 2 amide bonds. The normalized spacial score (nSPS) is 14.6. The Morgan fingerprint density at radius 2 is 1.53 bits per heavy atom. The number of carboxylic acid groups (broad SMARTS) is 1. The van der Waals surface area contributed by atoms with Crippen molar-refractivity contribution in [1.29, 1.82) is 0 Å². The molecular formula is C21H41N3O6. The second-order valence-corrected chi connectivity index (χ2v) is 7.38. The fourth-order valence-corrected chi connectivity index (χ4v) is 2.91. The molecule has 9 heteroatoms. The summed E-state index contributed by atoms with van der Waals surface area (Å²) in [6.45, 7) is 8.05. The third-order valence-electron chi connectivity index (χ3n) is 4.53. The van der Waals surface area contributed by atoms with E-state index in [0.717, 1.165) is 65.0 Å². The smallest absolute Gasteiger partial charge is 0.426 e. The molecular weight excluding hydrogens is 390 g/mol. The van der Waals surface area contributed by atoms with Gasteiger partial charge in [0, 0.05) is 33.1 Å². The van der Waals surface area contributed by atoms with Crippen LogP contribution in [-0.2, 0) is 14.4 Å². The topological polar surface area (TPSA) is 117 Å². The van der Waals surface area contributed by atoms with Crippen molar-refractivity contribution < 1.29 is 29.1 Å². The van der Waals surface area contributed by atoms with Crippen molar-refractivity contribution in [2.45, 2.75) is 91.1 Å². The van der Waals surface area contributed by atoms with Gasteiger partial charge in [0.15, 0.2) is 0 Å². The van der Waals surface area contributed by atoms with Crippen molar-refractivity contribution in [2.24, 2.45) is 0 Å². The molecule has 1 heterocycles. The standard InChI is InChI=1S/C19H37N3O4.C2H4O2/c1-3-5-6-8-13-20-18(23)25-17(4-2)12-11-14-21-19(24)26-22-15-9-7-10-16-22;1-2(3)4/h17H,3-16H2,1-2H3,(H,20,23)(H,21,24);1H3,(H,3,4). The zero-order valence-corrected chi connectivity index (χ0v) is 18.9. The second-order valence-electron chi connectivity index (χ2n) is 7.38. The minimum absolute atomic E-state index is 0.120. The van der Waals surface area contributed by atoms with Gasteiger partial charge in [-0.15, -0.1) is 5.06 Å². The summed E-state index contributed by atoms with van der Waals surface area (Å²) in [7, 11) is 0. The van der Waals surface area contributed by atoms with Gasteiger partial charge in [0.2, 0.25) is 0 Å². The van der Waals surface area contributed by atoms with E-state index in [1.54, 1.807) is 5.06 Å². The van der Waals surface area contributed by atoms with E-state index < -0.39 is 12.1 Å². The number of carbonyl (C=O) groups excluding carboxylic acids is 2. The molecule has 0 aromatic carbocycles. The molecule has 1 unspecified atom stereocenters. The number of ether oxygens (including phenoxy) is 1. The maximum absolute atomic E-state index is 11.8. The Kier molecular flexibility index (Phi) is 17.7. The van der Waals surface area contributed by atoms with Gasteiger partial charge in [0.25, 0.3) is 5.97 Å². The molecule has 0 spiro atoms. The summed E-state index contributed by atoms with van der Waals surface area (Å²) in [4.78, 5) is 37.8. The van der Waals surface area contributed by atoms with Crippen LogP contribution in [0.4, 0.5) is 9.59 Å². The SMILES string of the molecule is CC(=O)O.CCCCCCNC(=O)OC(CC)CCCNC(=O)ON1CCCCC1. The lowest BCUT2D eigenvalue weighted by Crippen LogP contribution is -2.37. The Hall–Kier alpha value is -2.03. The molecule has 0 aromatic rings. The number of aliphatic carboxylic acids is 1. The van der Waals surface area contributed by atoms with Gasteiger partial charge in [-0.3, -0.25) is 4.79 Å². The van der Waals surface area contributed by atoms with Crippen LogP contribution in [0.3, 0.4) is 0 Å². The molecule has 9 nitrogen and oxygen atoms in total. The van der Waals surface area contributed by atoms with E-state index in [1.807, 2.05) is 6.92 Å². The van der Waals surface area contributed by atoms with Crippen molar-refractivity contribution in [2.75, 3.05) is 26.2 Å². The molecule has 176 valence electrons. The number of unbranched alkanes of at least 4 members (excludes halogenated alkanes) is 3.